The van der Waals surface area contributed by atoms with E-state index in [1.807, 2.05) is 24.3 Å². The zero-order valence-corrected chi connectivity index (χ0v) is 15.4. The first-order valence-corrected chi connectivity index (χ1v) is 9.35. The minimum absolute atomic E-state index is 0.341. The molecular formula is C20H26N4O2. The minimum atomic E-state index is -0.341. The number of hydrogen-bond donors (Lipinski definition) is 1. The fourth-order valence-corrected chi connectivity index (χ4v) is 3.36. The average Bonchev–Trinajstić information content (AvgIpc) is 2.69. The third-order valence-corrected chi connectivity index (χ3v) is 4.68. The Morgan fingerprint density at radius 1 is 1.27 bits per heavy atom. The molecule has 0 spiro atoms. The normalized spacial score (nSPS) is 17.0. The fourth-order valence-electron chi connectivity index (χ4n) is 3.36. The molecule has 0 radical (unpaired) electrons. The van der Waals surface area contributed by atoms with E-state index in [4.69, 9.17) is 4.74 Å². The summed E-state index contributed by atoms with van der Waals surface area (Å²) >= 11 is 0. The quantitative estimate of drug-likeness (QED) is 0.786. The third-order valence-electron chi connectivity index (χ3n) is 4.68. The number of rotatable bonds is 6. The highest BCUT2D eigenvalue weighted by Gasteiger charge is 2.23. The molecule has 1 N–H and O–H groups in total. The molecule has 1 unspecified atom stereocenters. The van der Waals surface area contributed by atoms with Crippen molar-refractivity contribution in [1.82, 2.24) is 9.97 Å². The van der Waals surface area contributed by atoms with Crippen molar-refractivity contribution in [3.8, 4) is 0 Å². The molecule has 138 valence electrons. The van der Waals surface area contributed by atoms with Gasteiger partial charge in [-0.05, 0) is 50.8 Å². The van der Waals surface area contributed by atoms with Crippen molar-refractivity contribution in [3.63, 3.8) is 0 Å². The van der Waals surface area contributed by atoms with Crippen LogP contribution < -0.4 is 10.2 Å². The van der Waals surface area contributed by atoms with E-state index >= 15 is 0 Å². The highest BCUT2D eigenvalue weighted by molar-refractivity contribution is 5.96. The van der Waals surface area contributed by atoms with Crippen molar-refractivity contribution in [3.05, 3.63) is 42.1 Å². The Hall–Kier alpha value is -2.63. The second-order valence-electron chi connectivity index (χ2n) is 6.38. The molecule has 1 aliphatic rings. The van der Waals surface area contributed by atoms with E-state index in [-0.39, 0.29) is 5.97 Å². The second-order valence-corrected chi connectivity index (χ2v) is 6.38. The van der Waals surface area contributed by atoms with Crippen molar-refractivity contribution >= 4 is 23.4 Å². The first-order chi connectivity index (χ1) is 12.7. The lowest BCUT2D eigenvalue weighted by atomic mass is 10.0. The van der Waals surface area contributed by atoms with E-state index in [0.717, 1.165) is 18.9 Å². The Labute approximate surface area is 154 Å². The predicted octanol–water partition coefficient (Wildman–Crippen LogP) is 4.17. The van der Waals surface area contributed by atoms with Crippen molar-refractivity contribution in [1.29, 1.82) is 0 Å². The molecule has 3 rings (SSSR count). The Balaban J connectivity index is 1.82. The van der Waals surface area contributed by atoms with Crippen molar-refractivity contribution < 1.29 is 9.53 Å². The maximum absolute atomic E-state index is 12.1. The summed E-state index contributed by atoms with van der Waals surface area (Å²) in [6.07, 6.45) is 6.47. The van der Waals surface area contributed by atoms with E-state index in [1.54, 1.807) is 19.2 Å². The van der Waals surface area contributed by atoms with Gasteiger partial charge in [-0.2, -0.15) is 4.98 Å². The van der Waals surface area contributed by atoms with Crippen LogP contribution >= 0.6 is 0 Å². The molecule has 0 aliphatic carbocycles. The van der Waals surface area contributed by atoms with E-state index in [9.17, 15) is 4.79 Å². The lowest BCUT2D eigenvalue weighted by Gasteiger charge is -2.35. The van der Waals surface area contributed by atoms with Gasteiger partial charge in [0.05, 0.1) is 17.9 Å². The number of benzene rings is 1. The summed E-state index contributed by atoms with van der Waals surface area (Å²) in [5, 5.41) is 3.25. The summed E-state index contributed by atoms with van der Waals surface area (Å²) < 4.78 is 5.13. The largest absolute Gasteiger partial charge is 0.462 e. The maximum Gasteiger partial charge on any atom is 0.340 e. The topological polar surface area (TPSA) is 67.3 Å². The van der Waals surface area contributed by atoms with Crippen LogP contribution in [0.15, 0.2) is 36.5 Å². The zero-order valence-electron chi connectivity index (χ0n) is 15.4. The van der Waals surface area contributed by atoms with Gasteiger partial charge in [-0.1, -0.05) is 19.1 Å². The number of carbonyl (C=O) groups excluding carboxylic acids is 1. The van der Waals surface area contributed by atoms with Gasteiger partial charge in [0.25, 0.3) is 0 Å². The summed E-state index contributed by atoms with van der Waals surface area (Å²) in [4.78, 5) is 23.6. The molecule has 0 amide bonds. The smallest absolute Gasteiger partial charge is 0.340 e. The SMILES string of the molecule is CCOC(=O)c1ccccc1Nc1ccnc(N2CCCCC2CC)n1. The van der Waals surface area contributed by atoms with Crippen LogP contribution in [0.5, 0.6) is 0 Å². The summed E-state index contributed by atoms with van der Waals surface area (Å²) in [7, 11) is 0. The van der Waals surface area contributed by atoms with Crippen LogP contribution in [0.25, 0.3) is 0 Å². The van der Waals surface area contributed by atoms with E-state index in [1.165, 1.54) is 19.3 Å². The average molecular weight is 354 g/mol. The van der Waals surface area contributed by atoms with Gasteiger partial charge in [-0.15, -0.1) is 0 Å². The Morgan fingerprint density at radius 3 is 2.92 bits per heavy atom. The van der Waals surface area contributed by atoms with Crippen LogP contribution in [0.1, 0.15) is 49.9 Å². The molecule has 6 heteroatoms. The molecule has 1 aromatic heterocycles. The Morgan fingerprint density at radius 2 is 2.12 bits per heavy atom. The molecule has 2 heterocycles. The van der Waals surface area contributed by atoms with Gasteiger partial charge in [-0.3, -0.25) is 0 Å². The monoisotopic (exact) mass is 354 g/mol. The molecule has 1 atom stereocenters. The summed E-state index contributed by atoms with van der Waals surface area (Å²) in [6.45, 7) is 5.34. The molecule has 1 fully saturated rings. The number of nitrogens with one attached hydrogen (secondary N) is 1. The fraction of sp³-hybridized carbons (Fsp3) is 0.450. The number of aromatic nitrogens is 2. The number of piperidine rings is 1. The minimum Gasteiger partial charge on any atom is -0.462 e. The number of nitrogens with zero attached hydrogens (tertiary/aromatic N) is 3. The van der Waals surface area contributed by atoms with Crippen LogP contribution in [-0.4, -0.2) is 35.1 Å². The van der Waals surface area contributed by atoms with Gasteiger partial charge < -0.3 is 15.0 Å². The zero-order chi connectivity index (χ0) is 18.4. The lowest BCUT2D eigenvalue weighted by Crippen LogP contribution is -2.40. The standard InChI is InChI=1S/C20H26N4O2/c1-3-15-9-7-8-14-24(15)20-21-13-12-18(23-20)22-17-11-6-5-10-16(17)19(25)26-4-2/h5-6,10-13,15H,3-4,7-9,14H2,1-2H3,(H,21,22,23). The van der Waals surface area contributed by atoms with E-state index < -0.39 is 0 Å². The number of esters is 1. The summed E-state index contributed by atoms with van der Waals surface area (Å²) in [5.74, 6) is 1.08. The third kappa shape index (κ3) is 4.12. The first kappa shape index (κ1) is 18.2. The van der Waals surface area contributed by atoms with Gasteiger partial charge in [-0.25, -0.2) is 9.78 Å². The Kier molecular flexibility index (Phi) is 6.04. The predicted molar refractivity (Wildman–Crippen MR) is 103 cm³/mol. The number of ether oxygens (including phenoxy) is 1. The van der Waals surface area contributed by atoms with Gasteiger partial charge in [0.1, 0.15) is 5.82 Å². The van der Waals surface area contributed by atoms with Crippen molar-refractivity contribution in [2.45, 2.75) is 45.6 Å². The number of anilines is 3. The molecule has 1 saturated heterocycles. The molecule has 2 aromatic rings. The highest BCUT2D eigenvalue weighted by Crippen LogP contribution is 2.26. The first-order valence-electron chi connectivity index (χ1n) is 9.35. The highest BCUT2D eigenvalue weighted by atomic mass is 16.5. The van der Waals surface area contributed by atoms with Gasteiger partial charge in [0, 0.05) is 18.8 Å². The lowest BCUT2D eigenvalue weighted by molar-refractivity contribution is 0.0527. The molecule has 1 aromatic carbocycles. The van der Waals surface area contributed by atoms with Crippen LogP contribution in [0.4, 0.5) is 17.5 Å². The van der Waals surface area contributed by atoms with E-state index in [2.05, 4.69) is 27.1 Å². The second kappa shape index (κ2) is 8.65. The van der Waals surface area contributed by atoms with Gasteiger partial charge in [0.2, 0.25) is 5.95 Å². The summed E-state index contributed by atoms with van der Waals surface area (Å²) in [6, 6.07) is 9.61. The molecule has 6 nitrogen and oxygen atoms in total. The van der Waals surface area contributed by atoms with E-state index in [0.29, 0.717) is 29.7 Å². The van der Waals surface area contributed by atoms with Crippen LogP contribution in [-0.2, 0) is 4.74 Å². The maximum atomic E-state index is 12.1. The molecule has 1 aliphatic heterocycles. The number of hydrogen-bond acceptors (Lipinski definition) is 6. The van der Waals surface area contributed by atoms with Crippen LogP contribution in [0.2, 0.25) is 0 Å². The van der Waals surface area contributed by atoms with Gasteiger partial charge >= 0.3 is 5.97 Å². The number of para-hydroxylation sites is 1. The van der Waals surface area contributed by atoms with Crippen molar-refractivity contribution in [2.24, 2.45) is 0 Å². The van der Waals surface area contributed by atoms with Gasteiger partial charge in [0.15, 0.2) is 0 Å². The molecule has 26 heavy (non-hydrogen) atoms. The molecule has 0 saturated carbocycles. The Bertz CT molecular complexity index is 750. The van der Waals surface area contributed by atoms with Crippen molar-refractivity contribution in [2.75, 3.05) is 23.4 Å². The summed E-state index contributed by atoms with van der Waals surface area (Å²) in [5.41, 5.74) is 1.18. The molecular weight excluding hydrogens is 328 g/mol. The van der Waals surface area contributed by atoms with Crippen LogP contribution in [0, 0.1) is 0 Å². The molecule has 0 bridgehead atoms. The number of carbonyl (C=O) groups is 1. The van der Waals surface area contributed by atoms with Crippen LogP contribution in [0.3, 0.4) is 0 Å².